The van der Waals surface area contributed by atoms with Crippen LogP contribution in [0.25, 0.3) is 0 Å². The average molecular weight is 245 g/mol. The number of anilines is 1. The highest BCUT2D eigenvalue weighted by Gasteiger charge is 2.05. The van der Waals surface area contributed by atoms with Gasteiger partial charge < -0.3 is 10.4 Å². The van der Waals surface area contributed by atoms with Gasteiger partial charge in [-0.1, -0.05) is 23.8 Å². The second-order valence-corrected chi connectivity index (χ2v) is 4.40. The van der Waals surface area contributed by atoms with Gasteiger partial charge >= 0.3 is 0 Å². The van der Waals surface area contributed by atoms with Crippen LogP contribution in [-0.4, -0.2) is 5.11 Å². The SMILES string of the molecule is Cc1ccc(O)c(CNc2cccc(F)c2C)c1. The summed E-state index contributed by atoms with van der Waals surface area (Å²) in [5.41, 5.74) is 3.22. The summed E-state index contributed by atoms with van der Waals surface area (Å²) >= 11 is 0. The lowest BCUT2D eigenvalue weighted by molar-refractivity contribution is 0.469. The number of benzene rings is 2. The predicted molar refractivity (Wildman–Crippen MR) is 71.3 cm³/mol. The molecule has 0 saturated carbocycles. The van der Waals surface area contributed by atoms with Gasteiger partial charge in [0.25, 0.3) is 0 Å². The third-order valence-electron chi connectivity index (χ3n) is 2.97. The molecule has 0 aliphatic rings. The van der Waals surface area contributed by atoms with Crippen LogP contribution in [0.5, 0.6) is 5.75 Å². The summed E-state index contributed by atoms with van der Waals surface area (Å²) in [4.78, 5) is 0. The topological polar surface area (TPSA) is 32.3 Å². The lowest BCUT2D eigenvalue weighted by Gasteiger charge is -2.11. The van der Waals surface area contributed by atoms with E-state index in [0.29, 0.717) is 12.1 Å². The summed E-state index contributed by atoms with van der Waals surface area (Å²) in [6, 6.07) is 10.4. The van der Waals surface area contributed by atoms with E-state index in [-0.39, 0.29) is 11.6 Å². The molecule has 0 aliphatic heterocycles. The number of hydrogen-bond acceptors (Lipinski definition) is 2. The van der Waals surface area contributed by atoms with Crippen molar-refractivity contribution in [2.24, 2.45) is 0 Å². The molecule has 0 amide bonds. The Morgan fingerprint density at radius 2 is 1.94 bits per heavy atom. The van der Waals surface area contributed by atoms with E-state index < -0.39 is 0 Å². The molecule has 0 fully saturated rings. The molecule has 0 aliphatic carbocycles. The number of phenols is 1. The number of aryl methyl sites for hydroxylation is 1. The van der Waals surface area contributed by atoms with Gasteiger partial charge in [-0.3, -0.25) is 0 Å². The average Bonchev–Trinajstić information content (AvgIpc) is 2.35. The molecule has 0 spiro atoms. The van der Waals surface area contributed by atoms with Crippen LogP contribution in [0.3, 0.4) is 0 Å². The van der Waals surface area contributed by atoms with Gasteiger partial charge in [-0.15, -0.1) is 0 Å². The maximum atomic E-state index is 13.4. The summed E-state index contributed by atoms with van der Waals surface area (Å²) in [6.07, 6.45) is 0. The summed E-state index contributed by atoms with van der Waals surface area (Å²) < 4.78 is 13.4. The Morgan fingerprint density at radius 1 is 1.17 bits per heavy atom. The van der Waals surface area contributed by atoms with E-state index in [1.54, 1.807) is 19.1 Å². The normalized spacial score (nSPS) is 10.4. The molecule has 0 radical (unpaired) electrons. The quantitative estimate of drug-likeness (QED) is 0.863. The maximum Gasteiger partial charge on any atom is 0.128 e. The Hall–Kier alpha value is -2.03. The van der Waals surface area contributed by atoms with E-state index in [4.69, 9.17) is 0 Å². The highest BCUT2D eigenvalue weighted by atomic mass is 19.1. The van der Waals surface area contributed by atoms with Gasteiger partial charge in [0.1, 0.15) is 11.6 Å². The lowest BCUT2D eigenvalue weighted by atomic mass is 10.1. The van der Waals surface area contributed by atoms with Crippen molar-refractivity contribution in [2.45, 2.75) is 20.4 Å². The number of nitrogens with one attached hydrogen (secondary N) is 1. The molecular weight excluding hydrogens is 229 g/mol. The van der Waals surface area contributed by atoms with E-state index in [9.17, 15) is 9.50 Å². The standard InChI is InChI=1S/C15H16FNO/c1-10-6-7-15(18)12(8-10)9-17-14-5-3-4-13(16)11(14)2/h3-8,17-18H,9H2,1-2H3. The number of phenolic OH excluding ortho intramolecular Hbond substituents is 1. The fourth-order valence-corrected chi connectivity index (χ4v) is 1.85. The van der Waals surface area contributed by atoms with Gasteiger partial charge in [-0.25, -0.2) is 4.39 Å². The Morgan fingerprint density at radius 3 is 2.72 bits per heavy atom. The van der Waals surface area contributed by atoms with Gasteiger partial charge in [-0.05, 0) is 32.0 Å². The number of rotatable bonds is 3. The summed E-state index contributed by atoms with van der Waals surface area (Å²) in [5.74, 6) is 0.0237. The van der Waals surface area contributed by atoms with E-state index >= 15 is 0 Å². The van der Waals surface area contributed by atoms with E-state index in [1.807, 2.05) is 25.1 Å². The van der Waals surface area contributed by atoms with Crippen molar-refractivity contribution in [1.29, 1.82) is 0 Å². The Labute approximate surface area is 106 Å². The van der Waals surface area contributed by atoms with Crippen LogP contribution in [0.2, 0.25) is 0 Å². The zero-order valence-corrected chi connectivity index (χ0v) is 10.5. The van der Waals surface area contributed by atoms with Crippen LogP contribution < -0.4 is 5.32 Å². The van der Waals surface area contributed by atoms with Crippen molar-refractivity contribution < 1.29 is 9.50 Å². The van der Waals surface area contributed by atoms with Crippen molar-refractivity contribution >= 4 is 5.69 Å². The summed E-state index contributed by atoms with van der Waals surface area (Å²) in [7, 11) is 0. The second kappa shape index (κ2) is 5.08. The molecule has 2 aromatic rings. The first-order valence-corrected chi connectivity index (χ1v) is 5.85. The van der Waals surface area contributed by atoms with E-state index in [1.165, 1.54) is 6.07 Å². The molecule has 0 saturated heterocycles. The molecule has 18 heavy (non-hydrogen) atoms. The Kier molecular flexibility index (Phi) is 3.51. The summed E-state index contributed by atoms with van der Waals surface area (Å²) in [6.45, 7) is 4.17. The Balaban J connectivity index is 2.16. The fraction of sp³-hybridized carbons (Fsp3) is 0.200. The van der Waals surface area contributed by atoms with Crippen LogP contribution in [0.15, 0.2) is 36.4 Å². The van der Waals surface area contributed by atoms with E-state index in [2.05, 4.69) is 5.32 Å². The third kappa shape index (κ3) is 2.62. The minimum Gasteiger partial charge on any atom is -0.508 e. The van der Waals surface area contributed by atoms with Crippen molar-refractivity contribution in [3.63, 3.8) is 0 Å². The molecule has 94 valence electrons. The maximum absolute atomic E-state index is 13.4. The van der Waals surface area contributed by atoms with Crippen LogP contribution in [0.4, 0.5) is 10.1 Å². The van der Waals surface area contributed by atoms with Crippen molar-refractivity contribution in [2.75, 3.05) is 5.32 Å². The monoisotopic (exact) mass is 245 g/mol. The molecule has 0 unspecified atom stereocenters. The Bertz CT molecular complexity index is 564. The van der Waals surface area contributed by atoms with Gasteiger partial charge in [0.05, 0.1) is 0 Å². The highest BCUT2D eigenvalue weighted by Crippen LogP contribution is 2.22. The highest BCUT2D eigenvalue weighted by molar-refractivity contribution is 5.52. The molecule has 0 atom stereocenters. The molecule has 0 heterocycles. The van der Waals surface area contributed by atoms with Crippen molar-refractivity contribution in [3.05, 3.63) is 58.9 Å². The lowest BCUT2D eigenvalue weighted by Crippen LogP contribution is -2.02. The van der Waals surface area contributed by atoms with Crippen LogP contribution in [0, 0.1) is 19.7 Å². The molecule has 2 rings (SSSR count). The van der Waals surface area contributed by atoms with Gasteiger partial charge in [0, 0.05) is 23.4 Å². The molecule has 3 heteroatoms. The first-order chi connectivity index (χ1) is 8.58. The summed E-state index contributed by atoms with van der Waals surface area (Å²) in [5, 5.41) is 12.9. The number of aromatic hydroxyl groups is 1. The molecule has 0 bridgehead atoms. The minimum absolute atomic E-state index is 0.228. The third-order valence-corrected chi connectivity index (χ3v) is 2.97. The molecular formula is C15H16FNO. The van der Waals surface area contributed by atoms with Gasteiger partial charge in [0.15, 0.2) is 0 Å². The van der Waals surface area contributed by atoms with Crippen LogP contribution in [-0.2, 0) is 6.54 Å². The largest absolute Gasteiger partial charge is 0.508 e. The van der Waals surface area contributed by atoms with Crippen molar-refractivity contribution in [3.8, 4) is 5.75 Å². The predicted octanol–water partition coefficient (Wildman–Crippen LogP) is 3.76. The van der Waals surface area contributed by atoms with Gasteiger partial charge in [0.2, 0.25) is 0 Å². The van der Waals surface area contributed by atoms with Crippen LogP contribution in [0.1, 0.15) is 16.7 Å². The zero-order valence-electron chi connectivity index (χ0n) is 10.5. The minimum atomic E-state index is -0.228. The van der Waals surface area contributed by atoms with Crippen molar-refractivity contribution in [1.82, 2.24) is 0 Å². The van der Waals surface area contributed by atoms with Gasteiger partial charge in [-0.2, -0.15) is 0 Å². The molecule has 2 aromatic carbocycles. The first-order valence-electron chi connectivity index (χ1n) is 5.85. The van der Waals surface area contributed by atoms with E-state index in [0.717, 1.165) is 16.8 Å². The molecule has 0 aromatic heterocycles. The molecule has 2 nitrogen and oxygen atoms in total. The number of hydrogen-bond donors (Lipinski definition) is 2. The van der Waals surface area contributed by atoms with Crippen LogP contribution >= 0.6 is 0 Å². The molecule has 2 N–H and O–H groups in total. The zero-order chi connectivity index (χ0) is 13.1. The first kappa shape index (κ1) is 12.4. The number of halogens is 1. The second-order valence-electron chi connectivity index (χ2n) is 4.40. The smallest absolute Gasteiger partial charge is 0.128 e. The fourth-order valence-electron chi connectivity index (χ4n) is 1.85.